The SMILES string of the molecule is FC(F)(F)Cn1ncnc1CCCn1cnnn1. The van der Waals surface area contributed by atoms with E-state index in [1.807, 2.05) is 0 Å². The summed E-state index contributed by atoms with van der Waals surface area (Å²) in [5.41, 5.74) is 0. The molecule has 2 rings (SSSR count). The Hall–Kier alpha value is -2.00. The minimum absolute atomic E-state index is 0.306. The van der Waals surface area contributed by atoms with Gasteiger partial charge in [-0.15, -0.1) is 5.10 Å². The molecule has 0 aliphatic rings. The molecule has 7 nitrogen and oxygen atoms in total. The number of nitrogens with zero attached hydrogens (tertiary/aromatic N) is 7. The highest BCUT2D eigenvalue weighted by atomic mass is 19.4. The van der Waals surface area contributed by atoms with Crippen LogP contribution in [0.3, 0.4) is 0 Å². The zero-order valence-electron chi connectivity index (χ0n) is 9.25. The normalized spacial score (nSPS) is 11.9. The van der Waals surface area contributed by atoms with Gasteiger partial charge in [-0.25, -0.2) is 14.3 Å². The predicted molar refractivity (Wildman–Crippen MR) is 52.2 cm³/mol. The molecular weight excluding hydrogens is 251 g/mol. The summed E-state index contributed by atoms with van der Waals surface area (Å²) in [6.45, 7) is -0.598. The Morgan fingerprint density at radius 1 is 1.28 bits per heavy atom. The molecule has 2 aromatic heterocycles. The number of rotatable bonds is 5. The molecule has 0 N–H and O–H groups in total. The molecule has 0 saturated carbocycles. The van der Waals surface area contributed by atoms with Gasteiger partial charge in [0.15, 0.2) is 0 Å². The van der Waals surface area contributed by atoms with Crippen LogP contribution in [0.4, 0.5) is 13.2 Å². The summed E-state index contributed by atoms with van der Waals surface area (Å²) in [6.07, 6.45) is -0.756. The lowest BCUT2D eigenvalue weighted by atomic mass is 10.3. The van der Waals surface area contributed by atoms with Crippen molar-refractivity contribution >= 4 is 0 Å². The average molecular weight is 261 g/mol. The number of alkyl halides is 3. The molecule has 0 fully saturated rings. The maximum atomic E-state index is 12.2. The number of hydrogen-bond acceptors (Lipinski definition) is 5. The highest BCUT2D eigenvalue weighted by Gasteiger charge is 2.29. The molecule has 0 unspecified atom stereocenters. The average Bonchev–Trinajstić information content (AvgIpc) is 2.89. The van der Waals surface area contributed by atoms with Gasteiger partial charge in [-0.1, -0.05) is 0 Å². The Balaban J connectivity index is 1.88. The van der Waals surface area contributed by atoms with Crippen molar-refractivity contribution in [3.8, 4) is 0 Å². The summed E-state index contributed by atoms with van der Waals surface area (Å²) in [7, 11) is 0. The van der Waals surface area contributed by atoms with Crippen LogP contribution in [0.15, 0.2) is 12.7 Å². The molecule has 0 aliphatic heterocycles. The van der Waals surface area contributed by atoms with Crippen LogP contribution in [-0.2, 0) is 19.5 Å². The largest absolute Gasteiger partial charge is 0.408 e. The maximum Gasteiger partial charge on any atom is 0.408 e. The molecule has 0 aliphatic carbocycles. The van der Waals surface area contributed by atoms with Crippen molar-refractivity contribution in [2.24, 2.45) is 0 Å². The van der Waals surface area contributed by atoms with Crippen LogP contribution in [0.5, 0.6) is 0 Å². The van der Waals surface area contributed by atoms with Gasteiger partial charge in [0.25, 0.3) is 0 Å². The summed E-state index contributed by atoms with van der Waals surface area (Å²) in [6, 6.07) is 0. The van der Waals surface area contributed by atoms with E-state index in [-0.39, 0.29) is 0 Å². The Labute approximate surface area is 99.6 Å². The Bertz CT molecular complexity index is 475. The van der Waals surface area contributed by atoms with Gasteiger partial charge in [-0.05, 0) is 16.8 Å². The van der Waals surface area contributed by atoms with Crippen LogP contribution in [-0.4, -0.2) is 41.1 Å². The molecule has 0 aromatic carbocycles. The summed E-state index contributed by atoms with van der Waals surface area (Å²) in [5, 5.41) is 14.1. The number of halogens is 3. The lowest BCUT2D eigenvalue weighted by Crippen LogP contribution is -2.20. The quantitative estimate of drug-likeness (QED) is 0.781. The van der Waals surface area contributed by atoms with E-state index in [2.05, 4.69) is 25.6 Å². The lowest BCUT2D eigenvalue weighted by molar-refractivity contribution is -0.143. The Morgan fingerprint density at radius 2 is 2.11 bits per heavy atom. The van der Waals surface area contributed by atoms with Crippen LogP contribution in [0.25, 0.3) is 0 Å². The third kappa shape index (κ3) is 3.50. The topological polar surface area (TPSA) is 74.3 Å². The molecule has 2 aromatic rings. The highest BCUT2D eigenvalue weighted by Crippen LogP contribution is 2.17. The second kappa shape index (κ2) is 5.10. The maximum absolute atomic E-state index is 12.2. The van der Waals surface area contributed by atoms with E-state index in [0.717, 1.165) is 11.0 Å². The molecule has 0 amide bonds. The van der Waals surface area contributed by atoms with Gasteiger partial charge in [-0.3, -0.25) is 0 Å². The summed E-state index contributed by atoms with van der Waals surface area (Å²) < 4.78 is 39.0. The van der Waals surface area contributed by atoms with E-state index in [1.54, 1.807) is 0 Å². The van der Waals surface area contributed by atoms with Gasteiger partial charge in [0.2, 0.25) is 0 Å². The zero-order valence-corrected chi connectivity index (χ0v) is 9.25. The molecule has 0 saturated heterocycles. The molecule has 0 atom stereocenters. The molecular formula is C8H10F3N7. The first kappa shape index (κ1) is 12.5. The van der Waals surface area contributed by atoms with Gasteiger partial charge in [0.1, 0.15) is 25.0 Å². The third-order valence-corrected chi connectivity index (χ3v) is 2.20. The van der Waals surface area contributed by atoms with Crippen molar-refractivity contribution < 1.29 is 13.2 Å². The van der Waals surface area contributed by atoms with E-state index < -0.39 is 12.7 Å². The van der Waals surface area contributed by atoms with Crippen LogP contribution >= 0.6 is 0 Å². The standard InChI is InChI=1S/C8H10F3N7/c9-8(10,11)4-18-7(12-5-14-18)2-1-3-17-6-13-15-16-17/h5-6H,1-4H2. The second-order valence-electron chi connectivity index (χ2n) is 3.63. The fourth-order valence-electron chi connectivity index (χ4n) is 1.47. The second-order valence-corrected chi connectivity index (χ2v) is 3.63. The molecule has 98 valence electrons. The summed E-state index contributed by atoms with van der Waals surface area (Å²) >= 11 is 0. The van der Waals surface area contributed by atoms with Gasteiger partial charge in [0.05, 0.1) is 0 Å². The van der Waals surface area contributed by atoms with Crippen LogP contribution in [0.2, 0.25) is 0 Å². The van der Waals surface area contributed by atoms with E-state index in [1.165, 1.54) is 11.0 Å². The van der Waals surface area contributed by atoms with E-state index in [4.69, 9.17) is 0 Å². The number of hydrogen-bond donors (Lipinski definition) is 0. The Morgan fingerprint density at radius 3 is 2.78 bits per heavy atom. The highest BCUT2D eigenvalue weighted by molar-refractivity contribution is 4.85. The monoisotopic (exact) mass is 261 g/mol. The fourth-order valence-corrected chi connectivity index (χ4v) is 1.47. The smallest absolute Gasteiger partial charge is 0.241 e. The fraction of sp³-hybridized carbons (Fsp3) is 0.625. The zero-order chi connectivity index (χ0) is 13.0. The minimum atomic E-state index is -4.29. The van der Waals surface area contributed by atoms with Crippen molar-refractivity contribution in [1.82, 2.24) is 35.0 Å². The molecule has 10 heteroatoms. The Kier molecular flexibility index (Phi) is 3.53. The number of tetrazole rings is 1. The first-order chi connectivity index (χ1) is 8.54. The van der Waals surface area contributed by atoms with E-state index in [9.17, 15) is 13.2 Å². The van der Waals surface area contributed by atoms with Crippen LogP contribution < -0.4 is 0 Å². The summed E-state index contributed by atoms with van der Waals surface area (Å²) in [5.74, 6) is 0.306. The number of aromatic nitrogens is 7. The third-order valence-electron chi connectivity index (χ3n) is 2.20. The van der Waals surface area contributed by atoms with E-state index in [0.29, 0.717) is 25.2 Å². The van der Waals surface area contributed by atoms with Crippen LogP contribution in [0.1, 0.15) is 12.2 Å². The van der Waals surface area contributed by atoms with Crippen molar-refractivity contribution in [1.29, 1.82) is 0 Å². The van der Waals surface area contributed by atoms with Crippen molar-refractivity contribution in [3.05, 3.63) is 18.5 Å². The van der Waals surface area contributed by atoms with Gasteiger partial charge >= 0.3 is 6.18 Å². The van der Waals surface area contributed by atoms with Gasteiger partial charge in [-0.2, -0.15) is 18.3 Å². The molecule has 0 spiro atoms. The molecule has 2 heterocycles. The molecule has 0 bridgehead atoms. The van der Waals surface area contributed by atoms with Gasteiger partial charge in [0, 0.05) is 13.0 Å². The van der Waals surface area contributed by atoms with Crippen LogP contribution in [0, 0.1) is 0 Å². The van der Waals surface area contributed by atoms with Crippen molar-refractivity contribution in [2.45, 2.75) is 32.1 Å². The van der Waals surface area contributed by atoms with Gasteiger partial charge < -0.3 is 0 Å². The summed E-state index contributed by atoms with van der Waals surface area (Å²) in [4.78, 5) is 3.81. The van der Waals surface area contributed by atoms with E-state index >= 15 is 0 Å². The molecule has 18 heavy (non-hydrogen) atoms. The lowest BCUT2D eigenvalue weighted by Gasteiger charge is -2.08. The predicted octanol–water partition coefficient (Wildman–Crippen LogP) is 0.460. The molecule has 0 radical (unpaired) electrons. The van der Waals surface area contributed by atoms with Crippen molar-refractivity contribution in [2.75, 3.05) is 0 Å². The number of aryl methyl sites for hydroxylation is 2. The first-order valence-corrected chi connectivity index (χ1v) is 5.19. The minimum Gasteiger partial charge on any atom is -0.241 e. The first-order valence-electron chi connectivity index (χ1n) is 5.19. The van der Waals surface area contributed by atoms with Crippen molar-refractivity contribution in [3.63, 3.8) is 0 Å².